The summed E-state index contributed by atoms with van der Waals surface area (Å²) in [6.45, 7) is 4.67. The highest BCUT2D eigenvalue weighted by molar-refractivity contribution is 5.92. The Kier molecular flexibility index (Phi) is 4.99. The minimum absolute atomic E-state index is 0.221. The van der Waals surface area contributed by atoms with Gasteiger partial charge in [0.1, 0.15) is 11.5 Å². The van der Waals surface area contributed by atoms with Crippen molar-refractivity contribution in [2.45, 2.75) is 33.0 Å². The number of alkyl halides is 3. The quantitative estimate of drug-likeness (QED) is 0.487. The molecule has 1 aliphatic rings. The fourth-order valence-corrected chi connectivity index (χ4v) is 4.02. The molecule has 1 aromatic heterocycles. The van der Waals surface area contributed by atoms with E-state index in [4.69, 9.17) is 4.42 Å². The van der Waals surface area contributed by atoms with Crippen molar-refractivity contribution in [3.63, 3.8) is 0 Å². The lowest BCUT2D eigenvalue weighted by Gasteiger charge is -2.35. The summed E-state index contributed by atoms with van der Waals surface area (Å²) in [4.78, 5) is 1.78. The van der Waals surface area contributed by atoms with E-state index in [9.17, 15) is 13.2 Å². The standard InChI is InChI=1S/C24H22F3NO/c1-3-18-12-13-19(29-18)15-28-14-16(2)22(17-8-5-4-6-9-17)20-10-7-11-21(23(20)28)24(25,26)27/h4-13H,3,14-15H2,1-2H3. The third kappa shape index (κ3) is 3.69. The first-order valence-electron chi connectivity index (χ1n) is 9.66. The topological polar surface area (TPSA) is 16.4 Å². The maximum Gasteiger partial charge on any atom is 0.418 e. The van der Waals surface area contributed by atoms with E-state index >= 15 is 0 Å². The summed E-state index contributed by atoms with van der Waals surface area (Å²) in [6, 6.07) is 17.8. The molecule has 0 N–H and O–H groups in total. The van der Waals surface area contributed by atoms with E-state index in [1.807, 2.05) is 56.3 Å². The molecule has 0 bridgehead atoms. The number of anilines is 1. The van der Waals surface area contributed by atoms with E-state index in [0.717, 1.165) is 35.0 Å². The van der Waals surface area contributed by atoms with Crippen LogP contribution in [0.5, 0.6) is 0 Å². The number of para-hydroxylation sites is 1. The summed E-state index contributed by atoms with van der Waals surface area (Å²) in [5.41, 5.74) is 3.05. The van der Waals surface area contributed by atoms with Crippen molar-refractivity contribution >= 4 is 11.3 Å². The number of nitrogens with zero attached hydrogens (tertiary/aromatic N) is 1. The number of furan rings is 1. The Morgan fingerprint density at radius 2 is 1.66 bits per heavy atom. The van der Waals surface area contributed by atoms with Crippen molar-refractivity contribution in [2.75, 3.05) is 11.4 Å². The van der Waals surface area contributed by atoms with Gasteiger partial charge in [0.05, 0.1) is 17.8 Å². The molecule has 0 radical (unpaired) electrons. The molecule has 2 heterocycles. The molecule has 0 spiro atoms. The van der Waals surface area contributed by atoms with Crippen LogP contribution in [0.1, 0.15) is 42.1 Å². The van der Waals surface area contributed by atoms with Crippen LogP contribution in [0.2, 0.25) is 0 Å². The van der Waals surface area contributed by atoms with E-state index in [1.54, 1.807) is 11.0 Å². The smallest absolute Gasteiger partial charge is 0.418 e. The zero-order valence-electron chi connectivity index (χ0n) is 16.4. The molecule has 0 aliphatic carbocycles. The van der Waals surface area contributed by atoms with E-state index in [0.29, 0.717) is 24.4 Å². The molecule has 29 heavy (non-hydrogen) atoms. The Morgan fingerprint density at radius 3 is 2.31 bits per heavy atom. The Morgan fingerprint density at radius 1 is 0.931 bits per heavy atom. The molecule has 2 aromatic carbocycles. The van der Waals surface area contributed by atoms with Crippen molar-refractivity contribution in [1.29, 1.82) is 0 Å². The summed E-state index contributed by atoms with van der Waals surface area (Å²) in [5.74, 6) is 1.50. The average Bonchev–Trinajstić information content (AvgIpc) is 3.15. The van der Waals surface area contributed by atoms with Gasteiger partial charge in [0.2, 0.25) is 0 Å². The number of fused-ring (bicyclic) bond motifs is 1. The van der Waals surface area contributed by atoms with Crippen LogP contribution in [0.25, 0.3) is 5.57 Å². The van der Waals surface area contributed by atoms with Crippen LogP contribution >= 0.6 is 0 Å². The van der Waals surface area contributed by atoms with Gasteiger partial charge < -0.3 is 9.32 Å². The second-order valence-corrected chi connectivity index (χ2v) is 7.30. The number of hydrogen-bond donors (Lipinski definition) is 0. The molecular formula is C24H22F3NO. The highest BCUT2D eigenvalue weighted by Gasteiger charge is 2.38. The number of aryl methyl sites for hydroxylation is 1. The second kappa shape index (κ2) is 7.47. The molecule has 0 atom stereocenters. The number of benzene rings is 2. The van der Waals surface area contributed by atoms with Crippen LogP contribution in [-0.4, -0.2) is 6.54 Å². The Bertz CT molecular complexity index is 1050. The fraction of sp³-hybridized carbons (Fsp3) is 0.250. The maximum absolute atomic E-state index is 13.9. The Hall–Kier alpha value is -2.95. The van der Waals surface area contributed by atoms with Crippen LogP contribution in [0.4, 0.5) is 18.9 Å². The summed E-state index contributed by atoms with van der Waals surface area (Å²) < 4.78 is 47.5. The average molecular weight is 397 g/mol. The van der Waals surface area contributed by atoms with E-state index in [2.05, 4.69) is 0 Å². The molecule has 5 heteroatoms. The minimum atomic E-state index is -4.44. The van der Waals surface area contributed by atoms with Crippen LogP contribution in [0.3, 0.4) is 0 Å². The molecule has 0 saturated carbocycles. The zero-order valence-corrected chi connectivity index (χ0v) is 16.4. The summed E-state index contributed by atoms with van der Waals surface area (Å²) >= 11 is 0. The van der Waals surface area contributed by atoms with Gasteiger partial charge >= 0.3 is 6.18 Å². The first-order valence-corrected chi connectivity index (χ1v) is 9.66. The minimum Gasteiger partial charge on any atom is -0.464 e. The molecule has 0 fully saturated rings. The highest BCUT2D eigenvalue weighted by atomic mass is 19.4. The van der Waals surface area contributed by atoms with E-state index < -0.39 is 11.7 Å². The first-order chi connectivity index (χ1) is 13.9. The molecule has 150 valence electrons. The fourth-order valence-electron chi connectivity index (χ4n) is 4.02. The third-order valence-electron chi connectivity index (χ3n) is 5.26. The van der Waals surface area contributed by atoms with Gasteiger partial charge in [-0.2, -0.15) is 13.2 Å². The lowest BCUT2D eigenvalue weighted by atomic mass is 9.87. The van der Waals surface area contributed by atoms with Gasteiger partial charge in [-0.3, -0.25) is 0 Å². The highest BCUT2D eigenvalue weighted by Crippen LogP contribution is 2.46. The van der Waals surface area contributed by atoms with Crippen LogP contribution in [0, 0.1) is 0 Å². The van der Waals surface area contributed by atoms with Crippen LogP contribution in [-0.2, 0) is 19.1 Å². The molecular weight excluding hydrogens is 375 g/mol. The van der Waals surface area contributed by atoms with Crippen molar-refractivity contribution in [2.24, 2.45) is 0 Å². The predicted octanol–water partition coefficient (Wildman–Crippen LogP) is 6.70. The molecule has 4 rings (SSSR count). The number of rotatable bonds is 4. The third-order valence-corrected chi connectivity index (χ3v) is 5.26. The van der Waals surface area contributed by atoms with E-state index in [1.165, 1.54) is 6.07 Å². The van der Waals surface area contributed by atoms with Gasteiger partial charge in [0.15, 0.2) is 0 Å². The summed E-state index contributed by atoms with van der Waals surface area (Å²) in [7, 11) is 0. The van der Waals surface area contributed by atoms with Gasteiger partial charge in [-0.15, -0.1) is 0 Å². The lowest BCUT2D eigenvalue weighted by molar-refractivity contribution is -0.137. The van der Waals surface area contributed by atoms with Crippen LogP contribution < -0.4 is 4.90 Å². The normalized spacial score (nSPS) is 14.3. The van der Waals surface area contributed by atoms with Crippen molar-refractivity contribution in [3.05, 3.63) is 94.4 Å². The Balaban J connectivity index is 1.86. The summed E-state index contributed by atoms with van der Waals surface area (Å²) in [5, 5.41) is 0. The molecule has 0 amide bonds. The summed E-state index contributed by atoms with van der Waals surface area (Å²) in [6.07, 6.45) is -3.68. The molecule has 0 saturated heterocycles. The van der Waals surface area contributed by atoms with Crippen molar-refractivity contribution < 1.29 is 17.6 Å². The van der Waals surface area contributed by atoms with Gasteiger partial charge in [0.25, 0.3) is 0 Å². The van der Waals surface area contributed by atoms with Crippen molar-refractivity contribution in [3.8, 4) is 0 Å². The van der Waals surface area contributed by atoms with Crippen LogP contribution in [0.15, 0.2) is 70.7 Å². The maximum atomic E-state index is 13.9. The number of halogens is 3. The number of hydrogen-bond acceptors (Lipinski definition) is 2. The first kappa shape index (κ1) is 19.4. The predicted molar refractivity (Wildman–Crippen MR) is 109 cm³/mol. The molecule has 0 unspecified atom stereocenters. The van der Waals surface area contributed by atoms with Crippen molar-refractivity contribution in [1.82, 2.24) is 0 Å². The molecule has 3 aromatic rings. The van der Waals surface area contributed by atoms with Gasteiger partial charge in [-0.1, -0.05) is 49.4 Å². The molecule has 1 aliphatic heterocycles. The molecule has 2 nitrogen and oxygen atoms in total. The van der Waals surface area contributed by atoms with Gasteiger partial charge in [-0.05, 0) is 41.8 Å². The SMILES string of the molecule is CCc1ccc(CN2CC(C)=C(c3ccccc3)c3cccc(C(F)(F)F)c32)o1. The largest absolute Gasteiger partial charge is 0.464 e. The van der Waals surface area contributed by atoms with Gasteiger partial charge in [-0.25, -0.2) is 0 Å². The lowest BCUT2D eigenvalue weighted by Crippen LogP contribution is -2.31. The second-order valence-electron chi connectivity index (χ2n) is 7.30. The van der Waals surface area contributed by atoms with E-state index in [-0.39, 0.29) is 5.69 Å². The zero-order chi connectivity index (χ0) is 20.6. The van der Waals surface area contributed by atoms with Gasteiger partial charge in [0, 0.05) is 18.5 Å². The monoisotopic (exact) mass is 397 g/mol. The Labute approximate surface area is 168 Å².